The summed E-state index contributed by atoms with van der Waals surface area (Å²) in [4.78, 5) is 12.2. The Morgan fingerprint density at radius 1 is 1.26 bits per heavy atom. The van der Waals surface area contributed by atoms with Crippen LogP contribution in [0.1, 0.15) is 51.9 Å². The maximum Gasteiger partial charge on any atom is 0.220 e. The van der Waals surface area contributed by atoms with E-state index in [4.69, 9.17) is 0 Å². The monoisotopic (exact) mass is 286 g/mol. The summed E-state index contributed by atoms with van der Waals surface area (Å²) >= 11 is 0. The molecule has 5 atom stereocenters. The van der Waals surface area contributed by atoms with Crippen LogP contribution >= 0.6 is 12.4 Å². The zero-order valence-electron chi connectivity index (χ0n) is 11.9. The second kappa shape index (κ2) is 6.45. The van der Waals surface area contributed by atoms with Gasteiger partial charge in [0.15, 0.2) is 0 Å². The first kappa shape index (κ1) is 15.1. The van der Waals surface area contributed by atoms with Crippen molar-refractivity contribution < 1.29 is 4.79 Å². The van der Waals surface area contributed by atoms with Crippen LogP contribution in [0.3, 0.4) is 0 Å². The molecule has 1 aliphatic heterocycles. The zero-order valence-corrected chi connectivity index (χ0v) is 12.7. The summed E-state index contributed by atoms with van der Waals surface area (Å²) in [7, 11) is 0. The number of rotatable bonds is 3. The summed E-state index contributed by atoms with van der Waals surface area (Å²) in [6.45, 7) is 3.28. The van der Waals surface area contributed by atoms with Crippen molar-refractivity contribution in [2.75, 3.05) is 6.54 Å². The maximum atomic E-state index is 12.2. The summed E-state index contributed by atoms with van der Waals surface area (Å²) in [6.07, 6.45) is 8.62. The molecule has 3 aliphatic rings. The highest BCUT2D eigenvalue weighted by Crippen LogP contribution is 2.49. The quantitative estimate of drug-likeness (QED) is 0.837. The number of fused-ring (bicyclic) bond motifs is 2. The van der Waals surface area contributed by atoms with Crippen LogP contribution in [0.5, 0.6) is 0 Å². The number of nitrogens with one attached hydrogen (secondary N) is 2. The topological polar surface area (TPSA) is 41.1 Å². The molecule has 2 N–H and O–H groups in total. The van der Waals surface area contributed by atoms with Gasteiger partial charge in [0.25, 0.3) is 0 Å². The predicted octanol–water partition coefficient (Wildman–Crippen LogP) is 2.49. The Hall–Kier alpha value is -0.280. The van der Waals surface area contributed by atoms with Crippen LogP contribution in [-0.2, 0) is 4.79 Å². The van der Waals surface area contributed by atoms with Gasteiger partial charge in [0.05, 0.1) is 0 Å². The molecule has 1 saturated heterocycles. The molecule has 2 bridgehead atoms. The smallest absolute Gasteiger partial charge is 0.220 e. The molecular formula is C15H27ClN2O. The lowest BCUT2D eigenvalue weighted by Gasteiger charge is -2.31. The van der Waals surface area contributed by atoms with Crippen LogP contribution in [-0.4, -0.2) is 24.5 Å². The normalized spacial score (nSPS) is 40.8. The van der Waals surface area contributed by atoms with Crippen molar-refractivity contribution >= 4 is 18.3 Å². The summed E-state index contributed by atoms with van der Waals surface area (Å²) in [5, 5.41) is 6.70. The van der Waals surface area contributed by atoms with Crippen molar-refractivity contribution in [3.8, 4) is 0 Å². The van der Waals surface area contributed by atoms with Gasteiger partial charge in [-0.15, -0.1) is 12.4 Å². The summed E-state index contributed by atoms with van der Waals surface area (Å²) < 4.78 is 0. The van der Waals surface area contributed by atoms with Crippen molar-refractivity contribution in [3.05, 3.63) is 0 Å². The minimum Gasteiger partial charge on any atom is -0.352 e. The molecule has 110 valence electrons. The minimum absolute atomic E-state index is 0. The van der Waals surface area contributed by atoms with Gasteiger partial charge in [-0.05, 0) is 63.3 Å². The molecule has 0 aromatic carbocycles. The van der Waals surface area contributed by atoms with Gasteiger partial charge in [-0.1, -0.05) is 6.42 Å². The Labute approximate surface area is 122 Å². The highest BCUT2D eigenvalue weighted by molar-refractivity contribution is 5.85. The molecule has 0 radical (unpaired) electrons. The third kappa shape index (κ3) is 3.43. The van der Waals surface area contributed by atoms with Crippen LogP contribution < -0.4 is 10.6 Å². The number of hydrogen-bond acceptors (Lipinski definition) is 2. The van der Waals surface area contributed by atoms with Crippen LogP contribution in [0.4, 0.5) is 0 Å². The van der Waals surface area contributed by atoms with Gasteiger partial charge in [0, 0.05) is 18.5 Å². The van der Waals surface area contributed by atoms with Crippen LogP contribution in [0.25, 0.3) is 0 Å². The molecule has 2 saturated carbocycles. The molecule has 0 aromatic rings. The van der Waals surface area contributed by atoms with Crippen molar-refractivity contribution in [3.63, 3.8) is 0 Å². The molecule has 3 nitrogen and oxygen atoms in total. The minimum atomic E-state index is 0. The molecule has 3 fully saturated rings. The number of carbonyl (C=O) groups excluding carboxylic acids is 1. The lowest BCUT2D eigenvalue weighted by atomic mass is 9.86. The molecule has 2 aliphatic carbocycles. The van der Waals surface area contributed by atoms with Crippen LogP contribution in [0.2, 0.25) is 0 Å². The van der Waals surface area contributed by atoms with Crippen molar-refractivity contribution in [1.82, 2.24) is 10.6 Å². The number of carbonyl (C=O) groups is 1. The zero-order chi connectivity index (χ0) is 12.5. The van der Waals surface area contributed by atoms with E-state index in [1.807, 2.05) is 0 Å². The van der Waals surface area contributed by atoms with Gasteiger partial charge < -0.3 is 10.6 Å². The van der Waals surface area contributed by atoms with E-state index in [0.29, 0.717) is 23.9 Å². The van der Waals surface area contributed by atoms with Gasteiger partial charge in [-0.2, -0.15) is 0 Å². The fraction of sp³-hybridized carbons (Fsp3) is 0.933. The first-order valence-electron chi connectivity index (χ1n) is 7.75. The average molecular weight is 287 g/mol. The number of piperidine rings is 1. The predicted molar refractivity (Wildman–Crippen MR) is 79.4 cm³/mol. The first-order chi connectivity index (χ1) is 8.72. The van der Waals surface area contributed by atoms with Gasteiger partial charge in [-0.25, -0.2) is 0 Å². The highest BCUT2D eigenvalue weighted by atomic mass is 35.5. The van der Waals surface area contributed by atoms with Crippen LogP contribution in [0, 0.1) is 17.8 Å². The molecule has 19 heavy (non-hydrogen) atoms. The molecule has 1 heterocycles. The molecule has 1 amide bonds. The summed E-state index contributed by atoms with van der Waals surface area (Å²) in [6, 6.07) is 0.785. The molecular weight excluding hydrogens is 260 g/mol. The standard InChI is InChI=1S/C15H26N2O.ClH/c1-10-14(3-2-6-16-10)17-15(18)9-13-8-11-4-5-12(13)7-11;/h10-14,16H,2-9H2,1H3,(H,17,18);1H. The average Bonchev–Trinajstić information content (AvgIpc) is 2.94. The molecule has 5 unspecified atom stereocenters. The summed E-state index contributed by atoms with van der Waals surface area (Å²) in [5.41, 5.74) is 0. The lowest BCUT2D eigenvalue weighted by molar-refractivity contribution is -0.123. The van der Waals surface area contributed by atoms with E-state index in [2.05, 4.69) is 17.6 Å². The molecule has 4 heteroatoms. The molecule has 0 spiro atoms. The Bertz CT molecular complexity index is 317. The van der Waals surface area contributed by atoms with Gasteiger partial charge >= 0.3 is 0 Å². The molecule has 0 aromatic heterocycles. The van der Waals surface area contributed by atoms with Crippen molar-refractivity contribution in [2.24, 2.45) is 17.8 Å². The van der Waals surface area contributed by atoms with Crippen molar-refractivity contribution in [1.29, 1.82) is 0 Å². The van der Waals surface area contributed by atoms with E-state index >= 15 is 0 Å². The first-order valence-corrected chi connectivity index (χ1v) is 7.75. The summed E-state index contributed by atoms with van der Waals surface area (Å²) in [5.74, 6) is 2.80. The number of hydrogen-bond donors (Lipinski definition) is 2. The maximum absolute atomic E-state index is 12.2. The van der Waals surface area contributed by atoms with E-state index in [1.165, 1.54) is 32.1 Å². The van der Waals surface area contributed by atoms with E-state index in [-0.39, 0.29) is 12.4 Å². The second-order valence-corrected chi connectivity index (χ2v) is 6.70. The van der Waals surface area contributed by atoms with E-state index in [0.717, 1.165) is 31.2 Å². The Kier molecular flexibility index (Phi) is 5.13. The Morgan fingerprint density at radius 2 is 2.11 bits per heavy atom. The van der Waals surface area contributed by atoms with E-state index in [1.54, 1.807) is 0 Å². The second-order valence-electron chi connectivity index (χ2n) is 6.70. The Balaban J connectivity index is 0.00000133. The van der Waals surface area contributed by atoms with Crippen LogP contribution in [0.15, 0.2) is 0 Å². The lowest BCUT2D eigenvalue weighted by Crippen LogP contribution is -2.52. The van der Waals surface area contributed by atoms with Crippen molar-refractivity contribution in [2.45, 2.75) is 64.0 Å². The van der Waals surface area contributed by atoms with Gasteiger partial charge in [0.1, 0.15) is 0 Å². The fourth-order valence-corrected chi connectivity index (χ4v) is 4.37. The highest BCUT2D eigenvalue weighted by Gasteiger charge is 2.40. The van der Waals surface area contributed by atoms with Gasteiger partial charge in [-0.3, -0.25) is 4.79 Å². The third-order valence-corrected chi connectivity index (χ3v) is 5.44. The van der Waals surface area contributed by atoms with E-state index in [9.17, 15) is 4.79 Å². The number of halogens is 1. The SMILES string of the molecule is CC1NCCCC1NC(=O)CC1CC2CCC1C2.Cl. The fourth-order valence-electron chi connectivity index (χ4n) is 4.37. The Morgan fingerprint density at radius 3 is 2.74 bits per heavy atom. The van der Waals surface area contributed by atoms with Gasteiger partial charge in [0.2, 0.25) is 5.91 Å². The van der Waals surface area contributed by atoms with E-state index < -0.39 is 0 Å². The molecule has 3 rings (SSSR count). The third-order valence-electron chi connectivity index (χ3n) is 5.44. The number of amides is 1. The largest absolute Gasteiger partial charge is 0.352 e.